The molecule has 0 saturated carbocycles. The molecule has 0 spiro atoms. The number of hydrogen-bond acceptors (Lipinski definition) is 3. The molecular weight excluding hydrogens is 268 g/mol. The molecule has 1 aliphatic carbocycles. The van der Waals surface area contributed by atoms with E-state index in [2.05, 4.69) is 10.3 Å². The predicted octanol–water partition coefficient (Wildman–Crippen LogP) is 1.39. The third-order valence-corrected chi connectivity index (χ3v) is 4.08. The van der Waals surface area contributed by atoms with Crippen LogP contribution < -0.4 is 10.9 Å². The molecule has 116 valence electrons. The lowest BCUT2D eigenvalue weighted by Gasteiger charge is -2.16. The van der Waals surface area contributed by atoms with Gasteiger partial charge in [-0.2, -0.15) is 0 Å². The molecule has 1 unspecified atom stereocenters. The third-order valence-electron chi connectivity index (χ3n) is 4.08. The number of aromatic nitrogens is 1. The monoisotopic (exact) mass is 292 g/mol. The predicted molar refractivity (Wildman–Crippen MR) is 81.5 cm³/mol. The lowest BCUT2D eigenvalue weighted by molar-refractivity contribution is 0.0918. The molecule has 1 aromatic rings. The number of nitrogens with one attached hydrogen (secondary N) is 2. The third kappa shape index (κ3) is 3.94. The second kappa shape index (κ2) is 6.89. The molecule has 0 saturated heterocycles. The summed E-state index contributed by atoms with van der Waals surface area (Å²) in [6.45, 7) is 4.23. The van der Waals surface area contributed by atoms with Crippen molar-refractivity contribution in [1.29, 1.82) is 0 Å². The van der Waals surface area contributed by atoms with E-state index < -0.39 is 6.10 Å². The average molecular weight is 292 g/mol. The number of rotatable bonds is 5. The number of aliphatic hydroxyl groups is 1. The van der Waals surface area contributed by atoms with Crippen molar-refractivity contribution in [3.63, 3.8) is 0 Å². The fraction of sp³-hybridized carbons (Fsp3) is 0.625. The standard InChI is InChI=1S/C16H24N2O3/c1-10(2)14(19)7-8-17-15(20)12-9-11-5-3-4-6-13(11)18-16(12)21/h9-10,14,19H,3-8H2,1-2H3,(H,17,20)(H,18,21). The maximum absolute atomic E-state index is 12.1. The molecule has 0 aromatic carbocycles. The van der Waals surface area contributed by atoms with Gasteiger partial charge in [-0.05, 0) is 49.7 Å². The Kier molecular flexibility index (Phi) is 5.17. The summed E-state index contributed by atoms with van der Waals surface area (Å²) in [5, 5.41) is 12.4. The Morgan fingerprint density at radius 3 is 2.81 bits per heavy atom. The van der Waals surface area contributed by atoms with Crippen LogP contribution in [0.1, 0.15) is 54.7 Å². The van der Waals surface area contributed by atoms with E-state index in [-0.39, 0.29) is 22.9 Å². The van der Waals surface area contributed by atoms with E-state index in [4.69, 9.17) is 0 Å². The van der Waals surface area contributed by atoms with E-state index in [9.17, 15) is 14.7 Å². The van der Waals surface area contributed by atoms with Gasteiger partial charge in [-0.1, -0.05) is 13.8 Å². The minimum absolute atomic E-state index is 0.161. The first kappa shape index (κ1) is 15.8. The van der Waals surface area contributed by atoms with Gasteiger partial charge >= 0.3 is 0 Å². The van der Waals surface area contributed by atoms with Gasteiger partial charge in [0.1, 0.15) is 5.56 Å². The highest BCUT2D eigenvalue weighted by Crippen LogP contribution is 2.18. The molecule has 1 atom stereocenters. The summed E-state index contributed by atoms with van der Waals surface area (Å²) in [4.78, 5) is 26.9. The van der Waals surface area contributed by atoms with Crippen LogP contribution in [0.2, 0.25) is 0 Å². The second-order valence-corrected chi connectivity index (χ2v) is 6.08. The normalized spacial score (nSPS) is 15.6. The highest BCUT2D eigenvalue weighted by Gasteiger charge is 2.17. The van der Waals surface area contributed by atoms with E-state index in [0.29, 0.717) is 13.0 Å². The molecule has 0 radical (unpaired) electrons. The maximum atomic E-state index is 12.1. The van der Waals surface area contributed by atoms with Crippen molar-refractivity contribution in [3.05, 3.63) is 33.2 Å². The first-order valence-electron chi connectivity index (χ1n) is 7.70. The number of H-pyrrole nitrogens is 1. The molecule has 1 amide bonds. The number of aryl methyl sites for hydroxylation is 2. The fourth-order valence-corrected chi connectivity index (χ4v) is 2.61. The van der Waals surface area contributed by atoms with Crippen molar-refractivity contribution in [1.82, 2.24) is 10.3 Å². The van der Waals surface area contributed by atoms with E-state index in [0.717, 1.165) is 36.9 Å². The van der Waals surface area contributed by atoms with Crippen LogP contribution in [0.4, 0.5) is 0 Å². The molecule has 2 rings (SSSR count). The first-order valence-corrected chi connectivity index (χ1v) is 7.70. The Labute approximate surface area is 124 Å². The van der Waals surface area contributed by atoms with Crippen molar-refractivity contribution in [2.24, 2.45) is 5.92 Å². The highest BCUT2D eigenvalue weighted by molar-refractivity contribution is 5.94. The summed E-state index contributed by atoms with van der Waals surface area (Å²) in [7, 11) is 0. The molecular formula is C16H24N2O3. The molecule has 3 N–H and O–H groups in total. The van der Waals surface area contributed by atoms with Gasteiger partial charge in [0.2, 0.25) is 0 Å². The topological polar surface area (TPSA) is 82.2 Å². The largest absolute Gasteiger partial charge is 0.393 e. The number of amides is 1. The zero-order chi connectivity index (χ0) is 15.4. The van der Waals surface area contributed by atoms with Gasteiger partial charge in [-0.3, -0.25) is 9.59 Å². The summed E-state index contributed by atoms with van der Waals surface area (Å²) < 4.78 is 0. The molecule has 21 heavy (non-hydrogen) atoms. The number of aliphatic hydroxyl groups excluding tert-OH is 1. The Balaban J connectivity index is 2.01. The average Bonchev–Trinajstić information content (AvgIpc) is 2.46. The minimum atomic E-state index is -0.438. The molecule has 1 aliphatic rings. The van der Waals surface area contributed by atoms with Crippen LogP contribution in [0.5, 0.6) is 0 Å². The highest BCUT2D eigenvalue weighted by atomic mass is 16.3. The smallest absolute Gasteiger partial charge is 0.261 e. The van der Waals surface area contributed by atoms with Crippen molar-refractivity contribution in [2.45, 2.75) is 52.1 Å². The summed E-state index contributed by atoms with van der Waals surface area (Å²) in [5.41, 5.74) is 1.90. The van der Waals surface area contributed by atoms with E-state index in [1.807, 2.05) is 13.8 Å². The van der Waals surface area contributed by atoms with Gasteiger partial charge in [-0.25, -0.2) is 0 Å². The molecule has 0 aliphatic heterocycles. The van der Waals surface area contributed by atoms with Crippen LogP contribution in [0.3, 0.4) is 0 Å². The van der Waals surface area contributed by atoms with E-state index in [1.54, 1.807) is 6.07 Å². The summed E-state index contributed by atoms with van der Waals surface area (Å²) in [6.07, 6.45) is 4.03. The Morgan fingerprint density at radius 1 is 1.38 bits per heavy atom. The zero-order valence-corrected chi connectivity index (χ0v) is 12.7. The number of aromatic amines is 1. The van der Waals surface area contributed by atoms with E-state index in [1.165, 1.54) is 0 Å². The molecule has 1 heterocycles. The van der Waals surface area contributed by atoms with Gasteiger partial charge in [0, 0.05) is 12.2 Å². The van der Waals surface area contributed by atoms with Crippen LogP contribution in [0.25, 0.3) is 0 Å². The Hall–Kier alpha value is -1.62. The lowest BCUT2D eigenvalue weighted by Crippen LogP contribution is -2.33. The summed E-state index contributed by atoms with van der Waals surface area (Å²) >= 11 is 0. The second-order valence-electron chi connectivity index (χ2n) is 6.08. The Morgan fingerprint density at radius 2 is 2.10 bits per heavy atom. The zero-order valence-electron chi connectivity index (χ0n) is 12.7. The Bertz CT molecular complexity index is 563. The van der Waals surface area contributed by atoms with Gasteiger partial charge in [0.15, 0.2) is 0 Å². The molecule has 0 bridgehead atoms. The van der Waals surface area contributed by atoms with Gasteiger partial charge in [-0.15, -0.1) is 0 Å². The maximum Gasteiger partial charge on any atom is 0.261 e. The quantitative estimate of drug-likeness (QED) is 0.767. The van der Waals surface area contributed by atoms with Crippen LogP contribution in [0.15, 0.2) is 10.9 Å². The number of carbonyl (C=O) groups is 1. The number of carbonyl (C=O) groups excluding carboxylic acids is 1. The summed E-state index contributed by atoms with van der Waals surface area (Å²) in [6, 6.07) is 1.72. The number of pyridine rings is 1. The lowest BCUT2D eigenvalue weighted by atomic mass is 9.95. The number of hydrogen-bond donors (Lipinski definition) is 3. The van der Waals surface area contributed by atoms with Gasteiger partial charge < -0.3 is 15.4 Å². The SMILES string of the molecule is CC(C)C(O)CCNC(=O)c1cc2c([nH]c1=O)CCCC2. The van der Waals surface area contributed by atoms with Gasteiger partial charge in [0.25, 0.3) is 11.5 Å². The van der Waals surface area contributed by atoms with Crippen molar-refractivity contribution in [2.75, 3.05) is 6.54 Å². The first-order chi connectivity index (χ1) is 9.99. The van der Waals surface area contributed by atoms with Crippen LogP contribution >= 0.6 is 0 Å². The van der Waals surface area contributed by atoms with Crippen LogP contribution in [-0.2, 0) is 12.8 Å². The van der Waals surface area contributed by atoms with Gasteiger partial charge in [0.05, 0.1) is 6.10 Å². The number of fused-ring (bicyclic) bond motifs is 1. The van der Waals surface area contributed by atoms with Crippen molar-refractivity contribution in [3.8, 4) is 0 Å². The summed E-state index contributed by atoms with van der Waals surface area (Å²) in [5.74, 6) is -0.199. The van der Waals surface area contributed by atoms with Crippen molar-refractivity contribution >= 4 is 5.91 Å². The van der Waals surface area contributed by atoms with Crippen LogP contribution in [-0.4, -0.2) is 28.6 Å². The molecule has 0 fully saturated rings. The molecule has 5 nitrogen and oxygen atoms in total. The van der Waals surface area contributed by atoms with Crippen LogP contribution in [0, 0.1) is 5.92 Å². The fourth-order valence-electron chi connectivity index (χ4n) is 2.61. The minimum Gasteiger partial charge on any atom is -0.393 e. The van der Waals surface area contributed by atoms with E-state index >= 15 is 0 Å². The molecule has 1 aromatic heterocycles. The molecule has 5 heteroatoms. The van der Waals surface area contributed by atoms with Crippen molar-refractivity contribution < 1.29 is 9.90 Å².